The standard InChI is InChI=1S/C2H7FOSi/c1-5(2,3)4/h4H,1-2H3. The van der Waals surface area contributed by atoms with Crippen molar-refractivity contribution in [3.63, 3.8) is 0 Å². The monoisotopic (exact) mass is 94.0 g/mol. The van der Waals surface area contributed by atoms with Gasteiger partial charge in [0.25, 0.3) is 0 Å². The highest BCUT2D eigenvalue weighted by Crippen LogP contribution is 1.92. The van der Waals surface area contributed by atoms with Crippen molar-refractivity contribution in [2.45, 2.75) is 13.1 Å². The van der Waals surface area contributed by atoms with Crippen molar-refractivity contribution >= 4 is 8.65 Å². The van der Waals surface area contributed by atoms with Crippen molar-refractivity contribution in [3.8, 4) is 0 Å². The molecule has 1 nitrogen and oxygen atoms in total. The molecule has 1 N–H and O–H groups in total. The molecule has 0 rings (SSSR count). The Morgan fingerprint density at radius 2 is 1.60 bits per heavy atom. The molecule has 0 aliphatic carbocycles. The van der Waals surface area contributed by atoms with Crippen LogP contribution in [0.25, 0.3) is 0 Å². The molecule has 0 unspecified atom stereocenters. The zero-order valence-electron chi connectivity index (χ0n) is 3.33. The zero-order valence-corrected chi connectivity index (χ0v) is 4.33. The highest BCUT2D eigenvalue weighted by Gasteiger charge is 2.12. The van der Waals surface area contributed by atoms with E-state index in [0.717, 1.165) is 0 Å². The van der Waals surface area contributed by atoms with Crippen LogP contribution >= 0.6 is 0 Å². The molecule has 0 saturated heterocycles. The summed E-state index contributed by atoms with van der Waals surface area (Å²) in [5.41, 5.74) is 0. The lowest BCUT2D eigenvalue weighted by atomic mass is 11.9. The highest BCUT2D eigenvalue weighted by molar-refractivity contribution is 6.62. The van der Waals surface area contributed by atoms with Gasteiger partial charge in [-0.3, -0.25) is 4.11 Å². The molecule has 0 saturated carbocycles. The molecule has 0 spiro atoms. The Labute approximate surface area is 31.7 Å². The molecule has 0 radical (unpaired) electrons. The molecule has 0 aromatic rings. The van der Waals surface area contributed by atoms with Gasteiger partial charge in [0.15, 0.2) is 0 Å². The second-order valence-electron chi connectivity index (χ2n) is 1.41. The Morgan fingerprint density at radius 3 is 1.60 bits per heavy atom. The van der Waals surface area contributed by atoms with E-state index in [4.69, 9.17) is 4.80 Å². The van der Waals surface area contributed by atoms with Crippen LogP contribution in [0, 0.1) is 0 Å². The van der Waals surface area contributed by atoms with Gasteiger partial charge >= 0.3 is 8.65 Å². The van der Waals surface area contributed by atoms with Gasteiger partial charge in [0.2, 0.25) is 0 Å². The Bertz CT molecular complexity index is 25.1. The van der Waals surface area contributed by atoms with E-state index in [1.165, 1.54) is 13.1 Å². The smallest absolute Gasteiger partial charge is 0.374 e. The minimum Gasteiger partial charge on any atom is -0.408 e. The SMILES string of the molecule is C[Si](C)(O)F. The lowest BCUT2D eigenvalue weighted by Gasteiger charge is -1.93. The quantitative estimate of drug-likeness (QED) is 0.345. The summed E-state index contributed by atoms with van der Waals surface area (Å²) in [6.45, 7) is 2.43. The summed E-state index contributed by atoms with van der Waals surface area (Å²) in [7, 11) is -3.11. The summed E-state index contributed by atoms with van der Waals surface area (Å²) in [5, 5.41) is 0. The Hall–Kier alpha value is 0.107. The van der Waals surface area contributed by atoms with Crippen molar-refractivity contribution < 1.29 is 8.90 Å². The summed E-state index contributed by atoms with van der Waals surface area (Å²) in [5.74, 6) is 0. The van der Waals surface area contributed by atoms with E-state index in [1.54, 1.807) is 0 Å². The van der Waals surface area contributed by atoms with Crippen molar-refractivity contribution in [1.29, 1.82) is 0 Å². The maximum atomic E-state index is 11.4. The van der Waals surface area contributed by atoms with Crippen LogP contribution in [0.5, 0.6) is 0 Å². The Morgan fingerprint density at radius 1 is 1.60 bits per heavy atom. The molecule has 3 heteroatoms. The molecule has 32 valence electrons. The first kappa shape index (κ1) is 5.11. The van der Waals surface area contributed by atoms with Gasteiger partial charge in [-0.05, 0) is 13.1 Å². The minimum atomic E-state index is -3.11. The third-order valence-corrected chi connectivity index (χ3v) is 0. The van der Waals surface area contributed by atoms with Gasteiger partial charge in [-0.15, -0.1) is 0 Å². The zero-order chi connectivity index (χ0) is 4.50. The van der Waals surface area contributed by atoms with Crippen LogP contribution in [0.15, 0.2) is 0 Å². The van der Waals surface area contributed by atoms with Crippen LogP contribution in [0.3, 0.4) is 0 Å². The lowest BCUT2D eigenvalue weighted by molar-refractivity contribution is 0.471. The van der Waals surface area contributed by atoms with Crippen LogP contribution in [0.4, 0.5) is 4.11 Å². The van der Waals surface area contributed by atoms with Crippen LogP contribution in [0.1, 0.15) is 0 Å². The normalized spacial score (nSPS) is 12.0. The minimum absolute atomic E-state index is 1.22. The molecule has 0 bridgehead atoms. The molecule has 0 atom stereocenters. The van der Waals surface area contributed by atoms with Crippen LogP contribution in [-0.4, -0.2) is 13.4 Å². The third kappa shape index (κ3) is 1600. The molecule has 0 fully saturated rings. The van der Waals surface area contributed by atoms with Gasteiger partial charge in [0, 0.05) is 0 Å². The topological polar surface area (TPSA) is 20.2 Å². The van der Waals surface area contributed by atoms with E-state index in [2.05, 4.69) is 0 Å². The van der Waals surface area contributed by atoms with Crippen LogP contribution in [-0.2, 0) is 0 Å². The number of rotatable bonds is 0. The third-order valence-electron chi connectivity index (χ3n) is 0. The maximum absolute atomic E-state index is 11.4. The second kappa shape index (κ2) is 1.06. The fourth-order valence-electron chi connectivity index (χ4n) is 0. The summed E-state index contributed by atoms with van der Waals surface area (Å²) < 4.78 is 11.4. The van der Waals surface area contributed by atoms with Crippen molar-refractivity contribution in [2.24, 2.45) is 0 Å². The predicted molar refractivity (Wildman–Crippen MR) is 20.8 cm³/mol. The maximum Gasteiger partial charge on any atom is 0.374 e. The average molecular weight is 94.2 g/mol. The first-order chi connectivity index (χ1) is 2.00. The summed E-state index contributed by atoms with van der Waals surface area (Å²) in [6, 6.07) is 0. The van der Waals surface area contributed by atoms with Gasteiger partial charge in [-0.1, -0.05) is 0 Å². The summed E-state index contributed by atoms with van der Waals surface area (Å²) >= 11 is 0. The van der Waals surface area contributed by atoms with E-state index in [0.29, 0.717) is 0 Å². The van der Waals surface area contributed by atoms with E-state index >= 15 is 0 Å². The first-order valence-electron chi connectivity index (χ1n) is 1.41. The van der Waals surface area contributed by atoms with E-state index in [-0.39, 0.29) is 0 Å². The molecule has 0 aliphatic rings. The van der Waals surface area contributed by atoms with Gasteiger partial charge in [0.05, 0.1) is 0 Å². The van der Waals surface area contributed by atoms with Crippen molar-refractivity contribution in [1.82, 2.24) is 0 Å². The Kier molecular flexibility index (Phi) is 1.09. The first-order valence-corrected chi connectivity index (χ1v) is 4.24. The summed E-state index contributed by atoms with van der Waals surface area (Å²) in [6.07, 6.45) is 0. The van der Waals surface area contributed by atoms with Gasteiger partial charge in [0.1, 0.15) is 0 Å². The highest BCUT2D eigenvalue weighted by atomic mass is 28.4. The molecule has 0 aromatic heterocycles. The molecule has 5 heavy (non-hydrogen) atoms. The van der Waals surface area contributed by atoms with Gasteiger partial charge in [-0.25, -0.2) is 0 Å². The van der Waals surface area contributed by atoms with Crippen LogP contribution < -0.4 is 0 Å². The fourth-order valence-corrected chi connectivity index (χ4v) is 0. The number of hydrogen-bond acceptors (Lipinski definition) is 1. The van der Waals surface area contributed by atoms with Gasteiger partial charge in [-0.2, -0.15) is 0 Å². The average Bonchev–Trinajstić information content (AvgIpc) is 0.722. The second-order valence-corrected chi connectivity index (χ2v) is 4.23. The van der Waals surface area contributed by atoms with Crippen LogP contribution in [0.2, 0.25) is 13.1 Å². The largest absolute Gasteiger partial charge is 0.408 e. The number of halogens is 1. The fraction of sp³-hybridized carbons (Fsp3) is 1.00. The molecular weight excluding hydrogens is 87.1 g/mol. The molecule has 0 aliphatic heterocycles. The molecular formula is C2H7FOSi. The van der Waals surface area contributed by atoms with Crippen molar-refractivity contribution in [2.75, 3.05) is 0 Å². The van der Waals surface area contributed by atoms with E-state index < -0.39 is 8.65 Å². The van der Waals surface area contributed by atoms with E-state index in [9.17, 15) is 4.11 Å². The van der Waals surface area contributed by atoms with Gasteiger partial charge < -0.3 is 4.80 Å². The molecule has 0 aromatic carbocycles. The predicted octanol–water partition coefficient (Wildman–Crippen LogP) is 0.650. The molecule has 0 heterocycles. The Balaban J connectivity index is 3.02. The lowest BCUT2D eigenvalue weighted by Crippen LogP contribution is -2.15. The summed E-state index contributed by atoms with van der Waals surface area (Å²) in [4.78, 5) is 7.99. The van der Waals surface area contributed by atoms with E-state index in [1.807, 2.05) is 0 Å². The number of hydrogen-bond donors (Lipinski definition) is 1. The molecule has 0 amide bonds. The van der Waals surface area contributed by atoms with Crippen molar-refractivity contribution in [3.05, 3.63) is 0 Å².